The van der Waals surface area contributed by atoms with Gasteiger partial charge in [0.1, 0.15) is 62.2 Å². The molecular weight excluding hydrogens is 1010 g/mol. The van der Waals surface area contributed by atoms with E-state index in [9.17, 15) is 34.6 Å². The summed E-state index contributed by atoms with van der Waals surface area (Å²) in [7, 11) is 0. The van der Waals surface area contributed by atoms with Crippen LogP contribution < -0.4 is 0 Å². The molecule has 20 heteroatoms. The van der Waals surface area contributed by atoms with E-state index in [1.807, 2.05) is 97.1 Å². The molecule has 2 aliphatic heterocycles. The highest BCUT2D eigenvalue weighted by molar-refractivity contribution is 5.89. The van der Waals surface area contributed by atoms with Gasteiger partial charge in [-0.1, -0.05) is 145 Å². The Bertz CT molecular complexity index is 2710. The second-order valence-corrected chi connectivity index (χ2v) is 18.5. The Kier molecular flexibility index (Phi) is 22.7. The highest BCUT2D eigenvalue weighted by atomic mass is 16.8. The molecule has 1 N–H and O–H groups in total. The van der Waals surface area contributed by atoms with Gasteiger partial charge < -0.3 is 62.2 Å². The van der Waals surface area contributed by atoms with Crippen molar-refractivity contribution in [3.05, 3.63) is 190 Å². The first kappa shape index (κ1) is 58.2. The minimum Gasteiger partial charge on any atom is -0.463 e. The maximum Gasteiger partial charge on any atom is 0.410 e. The standard InChI is InChI=1S/C58H64N4O16/c1-39(63)29-30-48(65)71-38-47-51(78-56-49(60-61-59)52(72-34-42-21-10-4-11-22-42)50(66)46(75-56)37-70-40(2)64)53(73-35-43-23-12-5-13-24-43)54(77-55(67)45-27-16-7-17-28-45)57(76-47)69-32-18-31-62(33-41-19-8-3-9-20-41)58(68)74-36-44-25-14-6-15-26-44/h3-17,19-28,46-47,49-54,56-57,66H,18,29-38H2,1-2H3/t46-,47+,49-,50-,51-,52-,53+,54-,56-,57-/m1/s1. The fourth-order valence-electron chi connectivity index (χ4n) is 8.64. The number of Topliss-reactive ketones (excluding diaryl/α,β-unsaturated/α-hetero) is 1. The van der Waals surface area contributed by atoms with E-state index in [0.717, 1.165) is 11.1 Å². The zero-order chi connectivity index (χ0) is 55.1. The average Bonchev–Trinajstić information content (AvgIpc) is 3.54. The maximum absolute atomic E-state index is 14.3. The van der Waals surface area contributed by atoms with Crippen molar-refractivity contribution in [2.24, 2.45) is 5.11 Å². The van der Waals surface area contributed by atoms with Crippen LogP contribution in [0.4, 0.5) is 4.79 Å². The van der Waals surface area contributed by atoms with Gasteiger partial charge in [0.2, 0.25) is 0 Å². The minimum atomic E-state index is -1.64. The Morgan fingerprint density at radius 3 is 1.72 bits per heavy atom. The molecule has 10 atom stereocenters. The molecule has 0 spiro atoms. The van der Waals surface area contributed by atoms with E-state index in [4.69, 9.17) is 47.4 Å². The van der Waals surface area contributed by atoms with Crippen molar-refractivity contribution in [3.63, 3.8) is 0 Å². The summed E-state index contributed by atoms with van der Waals surface area (Å²) in [6.45, 7) is 1.66. The van der Waals surface area contributed by atoms with Crippen LogP contribution >= 0.6 is 0 Å². The number of benzene rings is 5. The van der Waals surface area contributed by atoms with Crippen molar-refractivity contribution >= 4 is 29.8 Å². The normalized spacial score (nSPS) is 22.7. The van der Waals surface area contributed by atoms with Gasteiger partial charge in [-0.25, -0.2) is 9.59 Å². The zero-order valence-corrected chi connectivity index (χ0v) is 43.3. The van der Waals surface area contributed by atoms with Crippen LogP contribution in [0, 0.1) is 0 Å². The second-order valence-electron chi connectivity index (χ2n) is 18.5. The molecule has 0 unspecified atom stereocenters. The van der Waals surface area contributed by atoms with E-state index in [1.165, 1.54) is 13.8 Å². The molecule has 1 amide bonds. The summed E-state index contributed by atoms with van der Waals surface area (Å²) >= 11 is 0. The molecular formula is C58H64N4O16. The van der Waals surface area contributed by atoms with Crippen molar-refractivity contribution < 1.29 is 76.4 Å². The number of ketones is 1. The monoisotopic (exact) mass is 1070 g/mol. The van der Waals surface area contributed by atoms with E-state index in [0.29, 0.717) is 11.1 Å². The van der Waals surface area contributed by atoms with Gasteiger partial charge >= 0.3 is 24.0 Å². The molecule has 0 bridgehead atoms. The zero-order valence-electron chi connectivity index (χ0n) is 43.3. The Balaban J connectivity index is 1.24. The number of carbonyl (C=O) groups excluding carboxylic acids is 5. The first-order valence-corrected chi connectivity index (χ1v) is 25.6. The third kappa shape index (κ3) is 17.8. The van der Waals surface area contributed by atoms with E-state index in [2.05, 4.69) is 10.0 Å². The highest BCUT2D eigenvalue weighted by Crippen LogP contribution is 2.36. The first-order valence-electron chi connectivity index (χ1n) is 25.6. The fourth-order valence-corrected chi connectivity index (χ4v) is 8.64. The average molecular weight is 1070 g/mol. The molecule has 5 aromatic carbocycles. The summed E-state index contributed by atoms with van der Waals surface area (Å²) in [5, 5.41) is 15.8. The fraction of sp³-hybridized carbons (Fsp3) is 0.397. The lowest BCUT2D eigenvalue weighted by Crippen LogP contribution is -2.66. The maximum atomic E-state index is 14.3. The van der Waals surface area contributed by atoms with Gasteiger partial charge in [0.05, 0.1) is 37.9 Å². The number of carbonyl (C=O) groups is 5. The predicted octanol–water partition coefficient (Wildman–Crippen LogP) is 7.98. The summed E-state index contributed by atoms with van der Waals surface area (Å²) in [5.74, 6) is -2.46. The van der Waals surface area contributed by atoms with Crippen LogP contribution in [0.5, 0.6) is 0 Å². The van der Waals surface area contributed by atoms with Crippen LogP contribution in [0.1, 0.15) is 65.7 Å². The number of rotatable bonds is 27. The van der Waals surface area contributed by atoms with E-state index < -0.39 is 98.6 Å². The third-order valence-corrected chi connectivity index (χ3v) is 12.6. The summed E-state index contributed by atoms with van der Waals surface area (Å²) in [6, 6.07) is 43.5. The topological polar surface area (TPSA) is 250 Å². The number of aliphatic hydroxyl groups excluding tert-OH is 1. The number of ether oxygens (including phenoxy) is 10. The van der Waals surface area contributed by atoms with Gasteiger partial charge in [0.15, 0.2) is 18.7 Å². The number of aliphatic hydroxyl groups is 1. The van der Waals surface area contributed by atoms with Crippen LogP contribution in [0.15, 0.2) is 157 Å². The van der Waals surface area contributed by atoms with E-state index in [-0.39, 0.29) is 70.1 Å². The van der Waals surface area contributed by atoms with Crippen molar-refractivity contribution in [1.82, 2.24) is 4.90 Å². The van der Waals surface area contributed by atoms with Crippen molar-refractivity contribution in [2.75, 3.05) is 26.4 Å². The molecule has 20 nitrogen and oxygen atoms in total. The van der Waals surface area contributed by atoms with Gasteiger partial charge in [-0.05, 0) is 53.3 Å². The van der Waals surface area contributed by atoms with Gasteiger partial charge in [-0.2, -0.15) is 0 Å². The molecule has 2 saturated heterocycles. The molecule has 0 saturated carbocycles. The number of hydrogen-bond donors (Lipinski definition) is 1. The number of nitrogens with zero attached hydrogens (tertiary/aromatic N) is 4. The quantitative estimate of drug-likeness (QED) is 0.0131. The Labute approximate surface area is 451 Å². The van der Waals surface area contributed by atoms with Gasteiger partial charge in [0, 0.05) is 31.3 Å². The molecule has 2 aliphatic rings. The Hall–Kier alpha value is -7.52. The number of azide groups is 1. The van der Waals surface area contributed by atoms with Crippen molar-refractivity contribution in [1.29, 1.82) is 0 Å². The van der Waals surface area contributed by atoms with Crippen molar-refractivity contribution in [3.8, 4) is 0 Å². The van der Waals surface area contributed by atoms with Crippen LogP contribution in [0.25, 0.3) is 10.4 Å². The smallest absolute Gasteiger partial charge is 0.410 e. The first-order chi connectivity index (χ1) is 37.9. The molecule has 412 valence electrons. The molecule has 0 aromatic heterocycles. The van der Waals surface area contributed by atoms with Gasteiger partial charge in [-0.3, -0.25) is 9.59 Å². The van der Waals surface area contributed by atoms with Gasteiger partial charge in [0.25, 0.3) is 0 Å². The minimum absolute atomic E-state index is 0.0461. The molecule has 78 heavy (non-hydrogen) atoms. The number of esters is 3. The number of amides is 1. The summed E-state index contributed by atoms with van der Waals surface area (Å²) in [6.07, 6.45) is -13.7. The number of hydrogen-bond acceptors (Lipinski definition) is 17. The lowest BCUT2D eigenvalue weighted by Gasteiger charge is -2.48. The summed E-state index contributed by atoms with van der Waals surface area (Å²) in [4.78, 5) is 69.9. The molecule has 2 heterocycles. The van der Waals surface area contributed by atoms with Gasteiger partial charge in [-0.15, -0.1) is 0 Å². The molecule has 0 aliphatic carbocycles. The molecule has 5 aromatic rings. The molecule has 7 rings (SSSR count). The lowest BCUT2D eigenvalue weighted by atomic mass is 9.95. The Morgan fingerprint density at radius 1 is 0.603 bits per heavy atom. The van der Waals surface area contributed by atoms with Crippen LogP contribution in [0.2, 0.25) is 0 Å². The second kappa shape index (κ2) is 30.4. The summed E-state index contributed by atoms with van der Waals surface area (Å²) in [5.41, 5.74) is 13.3. The van der Waals surface area contributed by atoms with E-state index >= 15 is 0 Å². The van der Waals surface area contributed by atoms with Crippen LogP contribution in [-0.4, -0.2) is 128 Å². The van der Waals surface area contributed by atoms with Crippen molar-refractivity contribution in [2.45, 2.75) is 121 Å². The summed E-state index contributed by atoms with van der Waals surface area (Å²) < 4.78 is 62.6. The highest BCUT2D eigenvalue weighted by Gasteiger charge is 2.55. The third-order valence-electron chi connectivity index (χ3n) is 12.6. The van der Waals surface area contributed by atoms with Crippen LogP contribution in [-0.2, 0) is 88.1 Å². The molecule has 0 radical (unpaired) electrons. The lowest BCUT2D eigenvalue weighted by molar-refractivity contribution is -0.352. The predicted molar refractivity (Wildman–Crippen MR) is 278 cm³/mol. The Morgan fingerprint density at radius 2 is 1.14 bits per heavy atom. The van der Waals surface area contributed by atoms with E-state index in [1.54, 1.807) is 59.5 Å². The van der Waals surface area contributed by atoms with Crippen LogP contribution in [0.3, 0.4) is 0 Å². The molecule has 2 fully saturated rings. The largest absolute Gasteiger partial charge is 0.463 e. The SMILES string of the molecule is CC(=O)CCC(=O)OC[C@@H]1O[C@@H](OCCCN(Cc2ccccc2)C(=O)OCc2ccccc2)[C@H](OC(=O)c2ccccc2)[C@@H](OCc2ccccc2)[C@@H]1O[C@H]1O[C@H](COC(C)=O)[C@@H](O)[C@H](OCc2ccccc2)[C@H]1N=[N+]=[N-].